The van der Waals surface area contributed by atoms with Gasteiger partial charge in [0.25, 0.3) is 5.91 Å². The van der Waals surface area contributed by atoms with Gasteiger partial charge in [0.2, 0.25) is 0 Å². The summed E-state index contributed by atoms with van der Waals surface area (Å²) >= 11 is 0. The molecule has 1 N–H and O–H groups in total. The number of pyridine rings is 1. The summed E-state index contributed by atoms with van der Waals surface area (Å²) in [5.41, 5.74) is 4.01. The van der Waals surface area contributed by atoms with Crippen LogP contribution in [0.1, 0.15) is 53.8 Å². The molecular weight excluding hydrogens is 386 g/mol. The van der Waals surface area contributed by atoms with Gasteiger partial charge in [0, 0.05) is 24.8 Å². The van der Waals surface area contributed by atoms with Crippen LogP contribution in [-0.4, -0.2) is 51.2 Å². The fourth-order valence-corrected chi connectivity index (χ4v) is 5.30. The van der Waals surface area contributed by atoms with Gasteiger partial charge < -0.3 is 10.2 Å². The van der Waals surface area contributed by atoms with E-state index in [2.05, 4.69) is 10.2 Å². The van der Waals surface area contributed by atoms with E-state index in [9.17, 15) is 4.79 Å². The first-order valence-electron chi connectivity index (χ1n) is 11.5. The molecule has 5 rings (SSSR count). The second-order valence-corrected chi connectivity index (χ2v) is 9.14. The fraction of sp³-hybridized carbons (Fsp3) is 0.480. The number of nitrogens with zero attached hydrogens (tertiary/aromatic N) is 4. The topological polar surface area (TPSA) is 63.1 Å². The van der Waals surface area contributed by atoms with Gasteiger partial charge in [-0.05, 0) is 63.8 Å². The molecule has 1 aromatic carbocycles. The molecule has 1 saturated carbocycles. The molecule has 0 spiro atoms. The molecule has 3 aromatic rings. The number of carbonyl (C=O) groups excluding carboxylic acids is 1. The fourth-order valence-electron chi connectivity index (χ4n) is 5.30. The Hall–Kier alpha value is -2.73. The zero-order chi connectivity index (χ0) is 21.4. The Morgan fingerprint density at radius 1 is 1.13 bits per heavy atom. The highest BCUT2D eigenvalue weighted by atomic mass is 16.1. The highest BCUT2D eigenvalue weighted by Crippen LogP contribution is 2.29. The molecule has 3 heterocycles. The summed E-state index contributed by atoms with van der Waals surface area (Å²) in [5.74, 6) is 0.515. The van der Waals surface area contributed by atoms with Gasteiger partial charge in [-0.3, -0.25) is 4.79 Å². The normalized spacial score (nSPS) is 20.0. The Bertz CT molecular complexity index is 1080. The van der Waals surface area contributed by atoms with Crippen LogP contribution in [0.4, 0.5) is 0 Å². The molecule has 2 fully saturated rings. The smallest absolute Gasteiger partial charge is 0.252 e. The molecule has 1 aliphatic heterocycles. The van der Waals surface area contributed by atoms with Crippen molar-refractivity contribution in [1.82, 2.24) is 25.0 Å². The Balaban J connectivity index is 1.35. The number of para-hydroxylation sites is 1. The number of aryl methyl sites for hydroxylation is 2. The number of nitrogens with one attached hydrogen (secondary N) is 1. The Kier molecular flexibility index (Phi) is 5.48. The summed E-state index contributed by atoms with van der Waals surface area (Å²) in [6.45, 7) is 6.90. The maximum absolute atomic E-state index is 13.2. The first-order chi connectivity index (χ1) is 15.1. The van der Waals surface area contributed by atoms with Crippen LogP contribution >= 0.6 is 0 Å². The molecule has 0 radical (unpaired) electrons. The molecule has 2 aromatic heterocycles. The number of amides is 1. The average Bonchev–Trinajstić information content (AvgIpc) is 3.52. The van der Waals surface area contributed by atoms with E-state index >= 15 is 0 Å². The van der Waals surface area contributed by atoms with Crippen molar-refractivity contribution in [2.75, 3.05) is 19.6 Å². The maximum atomic E-state index is 13.2. The second kappa shape index (κ2) is 8.42. The van der Waals surface area contributed by atoms with Crippen molar-refractivity contribution < 1.29 is 4.79 Å². The minimum Gasteiger partial charge on any atom is -0.352 e. The third-order valence-corrected chi connectivity index (χ3v) is 6.90. The molecule has 0 bridgehead atoms. The summed E-state index contributed by atoms with van der Waals surface area (Å²) in [4.78, 5) is 20.6. The summed E-state index contributed by atoms with van der Waals surface area (Å²) in [5, 5.41) is 8.76. The van der Waals surface area contributed by atoms with Crippen LogP contribution in [0.15, 0.2) is 36.4 Å². The highest BCUT2D eigenvalue weighted by molar-refractivity contribution is 6.06. The Labute approximate surface area is 183 Å². The molecule has 1 atom stereocenters. The lowest BCUT2D eigenvalue weighted by atomic mass is 10.1. The van der Waals surface area contributed by atoms with E-state index in [1.54, 1.807) is 0 Å². The number of fused-ring (bicyclic) bond motifs is 1. The summed E-state index contributed by atoms with van der Waals surface area (Å²) in [6.07, 6.45) is 6.61. The lowest BCUT2D eigenvalue weighted by Crippen LogP contribution is -2.34. The first kappa shape index (κ1) is 20.2. The van der Waals surface area contributed by atoms with Crippen LogP contribution in [0.2, 0.25) is 0 Å². The van der Waals surface area contributed by atoms with Gasteiger partial charge in [-0.25, -0.2) is 9.67 Å². The lowest BCUT2D eigenvalue weighted by molar-refractivity contribution is 0.0948. The van der Waals surface area contributed by atoms with E-state index in [0.717, 1.165) is 47.2 Å². The number of hydrogen-bond donors (Lipinski definition) is 1. The lowest BCUT2D eigenvalue weighted by Gasteiger charge is -2.23. The highest BCUT2D eigenvalue weighted by Gasteiger charge is 2.30. The van der Waals surface area contributed by atoms with Gasteiger partial charge in [0.15, 0.2) is 5.65 Å². The maximum Gasteiger partial charge on any atom is 0.252 e. The van der Waals surface area contributed by atoms with E-state index in [1.807, 2.05) is 54.9 Å². The molecule has 1 amide bonds. The predicted octanol–water partition coefficient (Wildman–Crippen LogP) is 4.03. The van der Waals surface area contributed by atoms with Crippen molar-refractivity contribution >= 4 is 16.9 Å². The minimum atomic E-state index is -0.0227. The van der Waals surface area contributed by atoms with Crippen molar-refractivity contribution in [3.05, 3.63) is 53.3 Å². The van der Waals surface area contributed by atoms with Crippen LogP contribution in [0.5, 0.6) is 0 Å². The molecule has 6 heteroatoms. The summed E-state index contributed by atoms with van der Waals surface area (Å²) in [7, 11) is 0. The van der Waals surface area contributed by atoms with Crippen molar-refractivity contribution in [2.24, 2.45) is 5.92 Å². The average molecular weight is 418 g/mol. The Morgan fingerprint density at radius 3 is 2.68 bits per heavy atom. The van der Waals surface area contributed by atoms with Crippen molar-refractivity contribution in [2.45, 2.75) is 52.0 Å². The monoisotopic (exact) mass is 417 g/mol. The van der Waals surface area contributed by atoms with Crippen molar-refractivity contribution in [3.8, 4) is 5.69 Å². The molecule has 1 saturated heterocycles. The van der Waals surface area contributed by atoms with Crippen molar-refractivity contribution in [1.29, 1.82) is 0 Å². The zero-order valence-corrected chi connectivity index (χ0v) is 18.5. The van der Waals surface area contributed by atoms with E-state index < -0.39 is 0 Å². The van der Waals surface area contributed by atoms with Crippen LogP contribution in [0.25, 0.3) is 16.7 Å². The van der Waals surface area contributed by atoms with Gasteiger partial charge in [-0.1, -0.05) is 31.0 Å². The van der Waals surface area contributed by atoms with Gasteiger partial charge in [0.1, 0.15) is 0 Å². The van der Waals surface area contributed by atoms with Crippen LogP contribution < -0.4 is 5.32 Å². The standard InChI is InChI=1S/C25H31N5O/c1-17-14-22(23-18(2)28-30(24(23)27-17)21-10-4-3-5-11-21)25(31)26-15-19-12-13-29(16-19)20-8-6-7-9-20/h3-5,10-11,14,19-20H,6-9,12-13,15-16H2,1-2H3,(H,26,31). The van der Waals surface area contributed by atoms with Crippen LogP contribution in [0, 0.1) is 19.8 Å². The van der Waals surface area contributed by atoms with E-state index in [-0.39, 0.29) is 5.91 Å². The zero-order valence-electron chi connectivity index (χ0n) is 18.5. The minimum absolute atomic E-state index is 0.0227. The SMILES string of the molecule is Cc1cc(C(=O)NCC2CCN(C3CCCC3)C2)c2c(C)nn(-c3ccccc3)c2n1. The number of likely N-dealkylation sites (tertiary alicyclic amines) is 1. The van der Waals surface area contributed by atoms with Gasteiger partial charge in [-0.15, -0.1) is 0 Å². The van der Waals surface area contributed by atoms with E-state index in [1.165, 1.54) is 38.6 Å². The largest absolute Gasteiger partial charge is 0.352 e. The molecule has 1 unspecified atom stereocenters. The molecular formula is C25H31N5O. The van der Waals surface area contributed by atoms with Gasteiger partial charge >= 0.3 is 0 Å². The quantitative estimate of drug-likeness (QED) is 0.681. The summed E-state index contributed by atoms with van der Waals surface area (Å²) < 4.78 is 1.84. The van der Waals surface area contributed by atoms with Crippen LogP contribution in [0.3, 0.4) is 0 Å². The number of rotatable bonds is 5. The summed E-state index contributed by atoms with van der Waals surface area (Å²) in [6, 6.07) is 12.6. The number of aromatic nitrogens is 3. The van der Waals surface area contributed by atoms with Gasteiger partial charge in [0.05, 0.1) is 22.3 Å². The Morgan fingerprint density at radius 2 is 1.90 bits per heavy atom. The number of hydrogen-bond acceptors (Lipinski definition) is 4. The molecule has 6 nitrogen and oxygen atoms in total. The number of carbonyl (C=O) groups is 1. The second-order valence-electron chi connectivity index (χ2n) is 9.14. The number of benzene rings is 1. The molecule has 162 valence electrons. The van der Waals surface area contributed by atoms with Crippen LogP contribution in [-0.2, 0) is 0 Å². The third kappa shape index (κ3) is 3.97. The molecule has 31 heavy (non-hydrogen) atoms. The van der Waals surface area contributed by atoms with Crippen molar-refractivity contribution in [3.63, 3.8) is 0 Å². The first-order valence-corrected chi connectivity index (χ1v) is 11.5. The third-order valence-electron chi connectivity index (χ3n) is 6.90. The van der Waals surface area contributed by atoms with Gasteiger partial charge in [-0.2, -0.15) is 5.10 Å². The molecule has 2 aliphatic rings. The van der Waals surface area contributed by atoms with E-state index in [0.29, 0.717) is 11.5 Å². The predicted molar refractivity (Wildman–Crippen MR) is 123 cm³/mol. The molecule has 1 aliphatic carbocycles. The van der Waals surface area contributed by atoms with E-state index in [4.69, 9.17) is 10.1 Å².